The van der Waals surface area contributed by atoms with Crippen LogP contribution in [0.15, 0.2) is 0 Å². The second-order valence-electron chi connectivity index (χ2n) is 1.51. The van der Waals surface area contributed by atoms with E-state index in [2.05, 4.69) is 0 Å². The molecule has 0 aromatic carbocycles. The van der Waals surface area contributed by atoms with Gasteiger partial charge < -0.3 is 15.2 Å². The van der Waals surface area contributed by atoms with Gasteiger partial charge in [0.05, 0.1) is 26.4 Å². The predicted molar refractivity (Wildman–Crippen MR) is 35.8 cm³/mol. The summed E-state index contributed by atoms with van der Waals surface area (Å²) in [6, 6.07) is 0. The second-order valence-corrected chi connectivity index (χ2v) is 1.51. The van der Waals surface area contributed by atoms with Gasteiger partial charge in [-0.1, -0.05) is 0 Å². The molecule has 0 aromatic heterocycles. The van der Waals surface area contributed by atoms with Crippen molar-refractivity contribution in [3.8, 4) is 0 Å². The van der Waals surface area contributed by atoms with E-state index in [0.717, 1.165) is 0 Å². The normalized spacial score (nSPS) is 10.0. The minimum atomic E-state index is 0.579. The second kappa shape index (κ2) is 7.88. The zero-order chi connectivity index (χ0) is 6.95. The lowest BCUT2D eigenvalue weighted by Gasteiger charge is -2.00. The Morgan fingerprint density at radius 1 is 1.33 bits per heavy atom. The number of hydrogen-bond donors (Lipinski definition) is 1. The van der Waals surface area contributed by atoms with Crippen LogP contribution in [-0.4, -0.2) is 26.4 Å². The lowest BCUT2D eigenvalue weighted by Crippen LogP contribution is -2.11. The maximum Gasteiger partial charge on any atom is 0.0807 e. The Morgan fingerprint density at radius 2 is 2.11 bits per heavy atom. The Bertz CT molecular complexity index is 44.3. The summed E-state index contributed by atoms with van der Waals surface area (Å²) in [5.41, 5.74) is 5.17. The van der Waals surface area contributed by atoms with Crippen LogP contribution < -0.4 is 5.73 Å². The molecule has 0 saturated carbocycles. The van der Waals surface area contributed by atoms with Gasteiger partial charge in [0.25, 0.3) is 0 Å². The number of nitrogens with two attached hydrogens (primary N) is 1. The van der Waals surface area contributed by atoms with Gasteiger partial charge in [0.15, 0.2) is 0 Å². The van der Waals surface area contributed by atoms with Gasteiger partial charge in [-0.25, -0.2) is 0 Å². The first kappa shape index (κ1) is 8.88. The Kier molecular flexibility index (Phi) is 7.77. The Balaban J connectivity index is 2.60. The molecule has 0 aliphatic carbocycles. The van der Waals surface area contributed by atoms with Gasteiger partial charge in [0.1, 0.15) is 0 Å². The molecule has 3 nitrogen and oxygen atoms in total. The van der Waals surface area contributed by atoms with E-state index in [9.17, 15) is 0 Å². The third kappa shape index (κ3) is 7.88. The van der Waals surface area contributed by atoms with Crippen LogP contribution in [0.3, 0.4) is 0 Å². The molecule has 2 N–H and O–H groups in total. The number of ether oxygens (including phenoxy) is 2. The molecular formula is C6H14NO2. The number of hydrogen-bond acceptors (Lipinski definition) is 3. The molecule has 55 valence electrons. The van der Waals surface area contributed by atoms with E-state index in [1.54, 1.807) is 6.61 Å². The fraction of sp³-hybridized carbons (Fsp3) is 0.833. The summed E-state index contributed by atoms with van der Waals surface area (Å²) in [4.78, 5) is 0. The van der Waals surface area contributed by atoms with Crippen LogP contribution in [0, 0.1) is 6.61 Å². The molecule has 1 radical (unpaired) electrons. The summed E-state index contributed by atoms with van der Waals surface area (Å²) in [5, 5.41) is 0. The minimum absolute atomic E-state index is 0.579. The highest BCUT2D eigenvalue weighted by Gasteiger charge is 1.84. The molecule has 0 aliphatic rings. The van der Waals surface area contributed by atoms with Crippen LogP contribution in [-0.2, 0) is 9.47 Å². The molecule has 0 rings (SSSR count). The predicted octanol–water partition coefficient (Wildman–Crippen LogP) is 0.160. The van der Waals surface area contributed by atoms with E-state index in [0.29, 0.717) is 26.4 Å². The first-order valence-electron chi connectivity index (χ1n) is 3.09. The molecule has 0 unspecified atom stereocenters. The van der Waals surface area contributed by atoms with Crippen molar-refractivity contribution in [2.24, 2.45) is 5.73 Å². The fourth-order valence-electron chi connectivity index (χ4n) is 0.410. The summed E-state index contributed by atoms with van der Waals surface area (Å²) in [6.45, 7) is 5.93. The van der Waals surface area contributed by atoms with Crippen molar-refractivity contribution in [2.45, 2.75) is 6.92 Å². The van der Waals surface area contributed by atoms with Crippen molar-refractivity contribution < 1.29 is 9.47 Å². The van der Waals surface area contributed by atoms with Crippen LogP contribution in [0.25, 0.3) is 0 Å². The van der Waals surface area contributed by atoms with E-state index in [1.165, 1.54) is 0 Å². The monoisotopic (exact) mass is 132 g/mol. The van der Waals surface area contributed by atoms with Crippen LogP contribution in [0.1, 0.15) is 6.92 Å². The summed E-state index contributed by atoms with van der Waals surface area (Å²) in [7, 11) is 0. The summed E-state index contributed by atoms with van der Waals surface area (Å²) in [5.74, 6) is 0. The molecule has 3 heteroatoms. The average Bonchev–Trinajstić information content (AvgIpc) is 1.89. The van der Waals surface area contributed by atoms with Gasteiger partial charge in [0.2, 0.25) is 0 Å². The molecule has 0 aromatic rings. The van der Waals surface area contributed by atoms with Crippen molar-refractivity contribution in [1.82, 2.24) is 0 Å². The highest BCUT2D eigenvalue weighted by molar-refractivity contribution is 4.36. The third-order valence-corrected chi connectivity index (χ3v) is 0.774. The van der Waals surface area contributed by atoms with E-state index in [1.807, 2.05) is 6.92 Å². The molecule has 0 spiro atoms. The quantitative estimate of drug-likeness (QED) is 0.523. The highest BCUT2D eigenvalue weighted by Crippen LogP contribution is 1.79. The van der Waals surface area contributed by atoms with E-state index in [-0.39, 0.29) is 0 Å². The molecule has 0 saturated heterocycles. The lowest BCUT2D eigenvalue weighted by atomic mass is 10.7. The molecule has 0 atom stereocenters. The Morgan fingerprint density at radius 3 is 2.67 bits per heavy atom. The van der Waals surface area contributed by atoms with Gasteiger partial charge in [-0.3, -0.25) is 0 Å². The van der Waals surface area contributed by atoms with Gasteiger partial charge in [-0.2, -0.15) is 0 Å². The first-order chi connectivity index (χ1) is 4.41. The van der Waals surface area contributed by atoms with Crippen LogP contribution >= 0.6 is 0 Å². The summed E-state index contributed by atoms with van der Waals surface area (Å²) < 4.78 is 9.90. The first-order valence-corrected chi connectivity index (χ1v) is 3.09. The number of rotatable bonds is 6. The molecule has 0 bridgehead atoms. The zero-order valence-corrected chi connectivity index (χ0v) is 5.80. The van der Waals surface area contributed by atoms with E-state index < -0.39 is 0 Å². The van der Waals surface area contributed by atoms with Crippen LogP contribution in [0.5, 0.6) is 0 Å². The molecule has 0 aliphatic heterocycles. The standard InChI is InChI=1S/C6H14NO2/c1-2-8-5-6-9-4-3-7/h2H,3-7H2,1H3. The van der Waals surface area contributed by atoms with Crippen LogP contribution in [0.4, 0.5) is 0 Å². The van der Waals surface area contributed by atoms with Crippen molar-refractivity contribution in [2.75, 3.05) is 26.4 Å². The maximum absolute atomic E-state index is 5.17. The van der Waals surface area contributed by atoms with Crippen molar-refractivity contribution in [3.05, 3.63) is 6.61 Å². The van der Waals surface area contributed by atoms with E-state index in [4.69, 9.17) is 15.2 Å². The van der Waals surface area contributed by atoms with Gasteiger partial charge in [-0.15, -0.1) is 0 Å². The van der Waals surface area contributed by atoms with Crippen molar-refractivity contribution in [3.63, 3.8) is 0 Å². The summed E-state index contributed by atoms with van der Waals surface area (Å²) >= 11 is 0. The van der Waals surface area contributed by atoms with Gasteiger partial charge in [-0.05, 0) is 6.92 Å². The summed E-state index contributed by atoms with van der Waals surface area (Å²) in [6.07, 6.45) is 0. The molecule has 0 amide bonds. The topological polar surface area (TPSA) is 44.5 Å². The zero-order valence-electron chi connectivity index (χ0n) is 5.80. The maximum atomic E-state index is 5.17. The molecular weight excluding hydrogens is 118 g/mol. The highest BCUT2D eigenvalue weighted by atomic mass is 16.5. The lowest BCUT2D eigenvalue weighted by molar-refractivity contribution is 0.0773. The van der Waals surface area contributed by atoms with E-state index >= 15 is 0 Å². The third-order valence-electron chi connectivity index (χ3n) is 0.774. The molecule has 9 heavy (non-hydrogen) atoms. The Labute approximate surface area is 56.1 Å². The Hall–Kier alpha value is -0.120. The van der Waals surface area contributed by atoms with Crippen molar-refractivity contribution in [1.29, 1.82) is 0 Å². The molecule has 0 heterocycles. The fourth-order valence-corrected chi connectivity index (χ4v) is 0.410. The van der Waals surface area contributed by atoms with Crippen LogP contribution in [0.2, 0.25) is 0 Å². The largest absolute Gasteiger partial charge is 0.378 e. The van der Waals surface area contributed by atoms with Gasteiger partial charge >= 0.3 is 0 Å². The molecule has 0 fully saturated rings. The van der Waals surface area contributed by atoms with Crippen molar-refractivity contribution >= 4 is 0 Å². The minimum Gasteiger partial charge on any atom is -0.378 e. The van der Waals surface area contributed by atoms with Gasteiger partial charge in [0, 0.05) is 6.54 Å². The SMILES string of the molecule is C[CH]OCCOCCN. The average molecular weight is 132 g/mol. The smallest absolute Gasteiger partial charge is 0.0807 e.